The van der Waals surface area contributed by atoms with E-state index >= 15 is 0 Å². The van der Waals surface area contributed by atoms with Crippen molar-refractivity contribution in [2.24, 2.45) is 0 Å². The van der Waals surface area contributed by atoms with Gasteiger partial charge in [0, 0.05) is 51.8 Å². The van der Waals surface area contributed by atoms with Crippen molar-refractivity contribution in [2.45, 2.75) is 19.9 Å². The number of carbonyl (C=O) groups excluding carboxylic acids is 1. The topological polar surface area (TPSA) is 78.7 Å². The van der Waals surface area contributed by atoms with E-state index in [2.05, 4.69) is 35.3 Å². The van der Waals surface area contributed by atoms with Gasteiger partial charge in [-0.05, 0) is 24.1 Å². The van der Waals surface area contributed by atoms with Crippen molar-refractivity contribution in [1.29, 1.82) is 0 Å². The number of hydrogen-bond acceptors (Lipinski definition) is 5. The molecule has 7 nitrogen and oxygen atoms in total. The van der Waals surface area contributed by atoms with E-state index in [9.17, 15) is 14.9 Å². The highest BCUT2D eigenvalue weighted by Crippen LogP contribution is 2.23. The molecule has 0 atom stereocenters. The molecular formula is C21H26N4O3. The van der Waals surface area contributed by atoms with Crippen molar-refractivity contribution < 1.29 is 9.72 Å². The van der Waals surface area contributed by atoms with E-state index in [1.54, 1.807) is 18.2 Å². The molecule has 1 heterocycles. The third-order valence-electron chi connectivity index (χ3n) is 5.14. The molecular weight excluding hydrogens is 356 g/mol. The van der Waals surface area contributed by atoms with Gasteiger partial charge in [-0.15, -0.1) is 0 Å². The van der Waals surface area contributed by atoms with E-state index in [-0.39, 0.29) is 11.6 Å². The molecule has 1 amide bonds. The number of nitrogens with one attached hydrogen (secondary N) is 1. The zero-order valence-electron chi connectivity index (χ0n) is 16.1. The Balaban J connectivity index is 1.43. The molecule has 2 aromatic carbocycles. The average molecular weight is 382 g/mol. The summed E-state index contributed by atoms with van der Waals surface area (Å²) in [6, 6.07) is 14.9. The highest BCUT2D eigenvalue weighted by atomic mass is 16.6. The molecule has 1 N–H and O–H groups in total. The second kappa shape index (κ2) is 9.32. The Labute approximate surface area is 165 Å². The fourth-order valence-corrected chi connectivity index (χ4v) is 3.43. The van der Waals surface area contributed by atoms with Gasteiger partial charge in [-0.25, -0.2) is 0 Å². The lowest BCUT2D eigenvalue weighted by molar-refractivity contribution is -0.384. The van der Waals surface area contributed by atoms with Gasteiger partial charge in [0.1, 0.15) is 5.69 Å². The molecule has 0 aromatic heterocycles. The minimum Gasteiger partial charge on any atom is -0.379 e. The average Bonchev–Trinajstić information content (AvgIpc) is 2.70. The van der Waals surface area contributed by atoms with Crippen LogP contribution >= 0.6 is 0 Å². The van der Waals surface area contributed by atoms with Gasteiger partial charge in [0.15, 0.2) is 0 Å². The molecule has 1 saturated heterocycles. The van der Waals surface area contributed by atoms with Gasteiger partial charge >= 0.3 is 0 Å². The van der Waals surface area contributed by atoms with Gasteiger partial charge in [0.05, 0.1) is 4.92 Å². The summed E-state index contributed by atoms with van der Waals surface area (Å²) < 4.78 is 0. The number of benzene rings is 2. The van der Waals surface area contributed by atoms with Crippen molar-refractivity contribution in [2.75, 3.05) is 38.0 Å². The number of rotatable bonds is 7. The van der Waals surface area contributed by atoms with Gasteiger partial charge in [-0.1, -0.05) is 36.4 Å². The fourth-order valence-electron chi connectivity index (χ4n) is 3.43. The Morgan fingerprint density at radius 2 is 1.75 bits per heavy atom. The predicted octanol–water partition coefficient (Wildman–Crippen LogP) is 3.05. The second-order valence-electron chi connectivity index (χ2n) is 7.03. The molecule has 7 heteroatoms. The first-order valence-electron chi connectivity index (χ1n) is 9.56. The minimum absolute atomic E-state index is 0.0276. The van der Waals surface area contributed by atoms with Crippen molar-refractivity contribution in [3.8, 4) is 0 Å². The van der Waals surface area contributed by atoms with Crippen molar-refractivity contribution >= 4 is 17.3 Å². The minimum atomic E-state index is -0.419. The van der Waals surface area contributed by atoms with E-state index in [0.29, 0.717) is 18.7 Å². The molecule has 0 radical (unpaired) electrons. The van der Waals surface area contributed by atoms with E-state index in [1.165, 1.54) is 17.2 Å². The Hall–Kier alpha value is -2.93. The Bertz CT molecular complexity index is 832. The maximum absolute atomic E-state index is 12.5. The molecule has 0 unspecified atom stereocenters. The summed E-state index contributed by atoms with van der Waals surface area (Å²) in [6.07, 6.45) is 0.323. The van der Waals surface area contributed by atoms with E-state index in [0.717, 1.165) is 32.7 Å². The molecule has 0 bridgehead atoms. The summed E-state index contributed by atoms with van der Waals surface area (Å²) in [6.45, 7) is 6.57. The maximum atomic E-state index is 12.5. The van der Waals surface area contributed by atoms with Crippen LogP contribution in [0, 0.1) is 17.0 Å². The Kier molecular flexibility index (Phi) is 6.60. The largest absolute Gasteiger partial charge is 0.379 e. The van der Waals surface area contributed by atoms with Crippen LogP contribution < -0.4 is 5.32 Å². The lowest BCUT2D eigenvalue weighted by Gasteiger charge is -2.35. The van der Waals surface area contributed by atoms with E-state index in [4.69, 9.17) is 0 Å². The van der Waals surface area contributed by atoms with E-state index in [1.807, 2.05) is 11.0 Å². The van der Waals surface area contributed by atoms with Crippen molar-refractivity contribution in [3.05, 3.63) is 69.8 Å². The highest BCUT2D eigenvalue weighted by molar-refractivity contribution is 5.77. The van der Waals surface area contributed by atoms with Crippen LogP contribution in [0.5, 0.6) is 0 Å². The number of hydrogen-bond donors (Lipinski definition) is 1. The molecule has 1 aliphatic heterocycles. The van der Waals surface area contributed by atoms with Gasteiger partial charge in [0.25, 0.3) is 5.69 Å². The second-order valence-corrected chi connectivity index (χ2v) is 7.03. The van der Waals surface area contributed by atoms with Crippen LogP contribution in [0.2, 0.25) is 0 Å². The summed E-state index contributed by atoms with van der Waals surface area (Å²) in [4.78, 5) is 27.3. The van der Waals surface area contributed by atoms with Gasteiger partial charge < -0.3 is 10.2 Å². The molecule has 148 valence electrons. The molecule has 3 rings (SSSR count). The molecule has 0 aliphatic carbocycles. The Morgan fingerprint density at radius 1 is 1.07 bits per heavy atom. The van der Waals surface area contributed by atoms with Crippen LogP contribution in [-0.4, -0.2) is 53.4 Å². The number of amides is 1. The van der Waals surface area contributed by atoms with Crippen LogP contribution in [0.25, 0.3) is 0 Å². The molecule has 0 spiro atoms. The predicted molar refractivity (Wildman–Crippen MR) is 109 cm³/mol. The summed E-state index contributed by atoms with van der Waals surface area (Å²) in [7, 11) is 0. The third-order valence-corrected chi connectivity index (χ3v) is 5.14. The Morgan fingerprint density at radius 3 is 2.46 bits per heavy atom. The number of aryl methyl sites for hydroxylation is 1. The van der Waals surface area contributed by atoms with Crippen molar-refractivity contribution in [3.63, 3.8) is 0 Å². The van der Waals surface area contributed by atoms with Crippen LogP contribution in [0.1, 0.15) is 17.5 Å². The first kappa shape index (κ1) is 19.8. The van der Waals surface area contributed by atoms with Gasteiger partial charge in [0.2, 0.25) is 5.91 Å². The van der Waals surface area contributed by atoms with Crippen LogP contribution in [-0.2, 0) is 11.3 Å². The fraction of sp³-hybridized carbons (Fsp3) is 0.381. The summed E-state index contributed by atoms with van der Waals surface area (Å²) in [5, 5.41) is 14.0. The zero-order chi connectivity index (χ0) is 19.9. The molecule has 28 heavy (non-hydrogen) atoms. The molecule has 2 aromatic rings. The molecule has 0 saturated carbocycles. The quantitative estimate of drug-likeness (QED) is 0.588. The normalized spacial score (nSPS) is 14.7. The standard InChI is InChI=1S/C21H26N4O3/c1-17-6-2-3-7-18(17)16-23-12-14-24(15-13-23)21(26)10-11-22-19-8-4-5-9-20(19)25(27)28/h2-9,22H,10-16H2,1H3. The van der Waals surface area contributed by atoms with Gasteiger partial charge in [-0.3, -0.25) is 19.8 Å². The zero-order valence-corrected chi connectivity index (χ0v) is 16.1. The number of nitro benzene ring substituents is 1. The first-order valence-corrected chi connectivity index (χ1v) is 9.56. The summed E-state index contributed by atoms with van der Waals surface area (Å²) >= 11 is 0. The van der Waals surface area contributed by atoms with Crippen LogP contribution in [0.3, 0.4) is 0 Å². The highest BCUT2D eigenvalue weighted by Gasteiger charge is 2.21. The monoisotopic (exact) mass is 382 g/mol. The lowest BCUT2D eigenvalue weighted by atomic mass is 10.1. The smallest absolute Gasteiger partial charge is 0.292 e. The SMILES string of the molecule is Cc1ccccc1CN1CCN(C(=O)CCNc2ccccc2[N+](=O)[O-])CC1. The number of carbonyl (C=O) groups is 1. The van der Waals surface area contributed by atoms with Crippen molar-refractivity contribution in [1.82, 2.24) is 9.80 Å². The number of nitrogens with zero attached hydrogens (tertiary/aromatic N) is 3. The lowest BCUT2D eigenvalue weighted by Crippen LogP contribution is -2.48. The third kappa shape index (κ3) is 5.07. The first-order chi connectivity index (χ1) is 13.5. The summed E-state index contributed by atoms with van der Waals surface area (Å²) in [5.41, 5.74) is 3.10. The van der Waals surface area contributed by atoms with Crippen LogP contribution in [0.4, 0.5) is 11.4 Å². The number of piperazine rings is 1. The number of para-hydroxylation sites is 2. The summed E-state index contributed by atoms with van der Waals surface area (Å²) in [5.74, 6) is 0.0848. The number of anilines is 1. The maximum Gasteiger partial charge on any atom is 0.292 e. The number of nitro groups is 1. The van der Waals surface area contributed by atoms with Gasteiger partial charge in [-0.2, -0.15) is 0 Å². The molecule has 1 fully saturated rings. The van der Waals surface area contributed by atoms with Crippen LogP contribution in [0.15, 0.2) is 48.5 Å². The van der Waals surface area contributed by atoms with E-state index < -0.39 is 4.92 Å². The molecule has 1 aliphatic rings.